The molecule has 0 radical (unpaired) electrons. The highest BCUT2D eigenvalue weighted by atomic mass is 32.2. The number of hydrogen-bond acceptors (Lipinski definition) is 4. The van der Waals surface area contributed by atoms with E-state index in [-0.39, 0.29) is 23.3 Å². The van der Waals surface area contributed by atoms with Crippen LogP contribution in [-0.4, -0.2) is 26.2 Å². The number of hydrogen-bond donors (Lipinski definition) is 2. The van der Waals surface area contributed by atoms with E-state index < -0.39 is 10.0 Å². The molecule has 102 valence electrons. The average Bonchev–Trinajstić information content (AvgIpc) is 2.34. The number of aliphatic hydroxyl groups is 1. The summed E-state index contributed by atoms with van der Waals surface area (Å²) in [4.78, 5) is 0.203. The Morgan fingerprint density at radius 3 is 2.47 bits per heavy atom. The summed E-state index contributed by atoms with van der Waals surface area (Å²) in [6.45, 7) is 0.360. The summed E-state index contributed by atoms with van der Waals surface area (Å²) in [5.41, 5.74) is 0.795. The molecule has 0 saturated heterocycles. The Morgan fingerprint density at radius 2 is 1.95 bits per heavy atom. The van der Waals surface area contributed by atoms with Gasteiger partial charge in [0.2, 0.25) is 10.0 Å². The van der Waals surface area contributed by atoms with E-state index in [0.717, 1.165) is 5.56 Å². The zero-order valence-corrected chi connectivity index (χ0v) is 11.2. The molecule has 0 aromatic heterocycles. The van der Waals surface area contributed by atoms with Crippen molar-refractivity contribution in [3.05, 3.63) is 29.8 Å². The van der Waals surface area contributed by atoms with E-state index in [9.17, 15) is 8.42 Å². The second-order valence-electron chi connectivity index (χ2n) is 4.82. The lowest BCUT2D eigenvalue weighted by atomic mass is 9.83. The molecule has 2 rings (SSSR count). The lowest BCUT2D eigenvalue weighted by Gasteiger charge is -2.31. The highest BCUT2D eigenvalue weighted by Crippen LogP contribution is 2.26. The molecule has 1 fully saturated rings. The third-order valence-electron chi connectivity index (χ3n) is 3.29. The summed E-state index contributed by atoms with van der Waals surface area (Å²) >= 11 is 0. The van der Waals surface area contributed by atoms with Crippen LogP contribution in [0.2, 0.25) is 0 Å². The van der Waals surface area contributed by atoms with Crippen molar-refractivity contribution in [2.45, 2.75) is 30.3 Å². The van der Waals surface area contributed by atoms with Gasteiger partial charge in [-0.2, -0.15) is 5.26 Å². The summed E-state index contributed by atoms with van der Waals surface area (Å²) in [5, 5.41) is 17.7. The normalized spacial score (nSPS) is 22.5. The molecule has 1 aliphatic carbocycles. The fourth-order valence-electron chi connectivity index (χ4n) is 2.06. The summed E-state index contributed by atoms with van der Waals surface area (Å²) in [5.74, 6) is 0.225. The van der Waals surface area contributed by atoms with Crippen LogP contribution in [0.25, 0.3) is 0 Å². The summed E-state index contributed by atoms with van der Waals surface area (Å²) in [6.07, 6.45) is 1.31. The number of nitrogens with zero attached hydrogens (tertiary/aromatic N) is 1. The number of benzene rings is 1. The van der Waals surface area contributed by atoms with Gasteiger partial charge in [-0.05, 0) is 36.5 Å². The lowest BCUT2D eigenvalue weighted by Crippen LogP contribution is -2.38. The van der Waals surface area contributed by atoms with Gasteiger partial charge in [-0.3, -0.25) is 0 Å². The predicted octanol–water partition coefficient (Wildman–Crippen LogP) is 0.802. The van der Waals surface area contributed by atoms with Gasteiger partial charge in [-0.1, -0.05) is 12.1 Å². The zero-order valence-electron chi connectivity index (χ0n) is 10.4. The first-order valence-corrected chi connectivity index (χ1v) is 7.63. The van der Waals surface area contributed by atoms with Gasteiger partial charge in [0.25, 0.3) is 0 Å². The van der Waals surface area contributed by atoms with Gasteiger partial charge in [0.1, 0.15) is 0 Å². The maximum atomic E-state index is 12.0. The molecule has 0 aliphatic heterocycles. The van der Waals surface area contributed by atoms with Crippen LogP contribution in [-0.2, 0) is 16.4 Å². The van der Waals surface area contributed by atoms with Gasteiger partial charge < -0.3 is 5.11 Å². The second-order valence-corrected chi connectivity index (χ2v) is 6.59. The monoisotopic (exact) mass is 280 g/mol. The van der Waals surface area contributed by atoms with Crippen LogP contribution in [0, 0.1) is 17.2 Å². The Balaban J connectivity index is 1.97. The molecule has 0 unspecified atom stereocenters. The van der Waals surface area contributed by atoms with Crippen LogP contribution < -0.4 is 4.72 Å². The third-order valence-corrected chi connectivity index (χ3v) is 4.73. The second kappa shape index (κ2) is 5.70. The van der Waals surface area contributed by atoms with Crippen LogP contribution in [0.15, 0.2) is 29.2 Å². The Kier molecular flexibility index (Phi) is 4.20. The number of aliphatic hydroxyl groups excluding tert-OH is 1. The number of nitrogens with one attached hydrogen (secondary N) is 1. The SMILES string of the molecule is N#CCc1ccc(S(=O)(=O)NCC2CC(O)C2)cc1. The van der Waals surface area contributed by atoms with Crippen molar-refractivity contribution in [3.63, 3.8) is 0 Å². The molecule has 1 aromatic carbocycles. The molecule has 1 saturated carbocycles. The van der Waals surface area contributed by atoms with Crippen LogP contribution in [0.5, 0.6) is 0 Å². The van der Waals surface area contributed by atoms with Gasteiger partial charge in [0.15, 0.2) is 0 Å². The van der Waals surface area contributed by atoms with Crippen molar-refractivity contribution in [2.75, 3.05) is 6.54 Å². The first kappa shape index (κ1) is 14.0. The number of sulfonamides is 1. The summed E-state index contributed by atoms with van der Waals surface area (Å²) in [7, 11) is -3.50. The minimum atomic E-state index is -3.50. The average molecular weight is 280 g/mol. The maximum absolute atomic E-state index is 12.0. The molecule has 0 atom stereocenters. The van der Waals surface area contributed by atoms with E-state index in [0.29, 0.717) is 19.4 Å². The minimum absolute atomic E-state index is 0.203. The van der Waals surface area contributed by atoms with E-state index in [4.69, 9.17) is 10.4 Å². The van der Waals surface area contributed by atoms with Crippen molar-refractivity contribution in [1.29, 1.82) is 5.26 Å². The standard InChI is InChI=1S/C13H16N2O3S/c14-6-5-10-1-3-13(4-2-10)19(17,18)15-9-11-7-12(16)8-11/h1-4,11-12,15-16H,5,7-9H2. The fraction of sp³-hybridized carbons (Fsp3) is 0.462. The van der Waals surface area contributed by atoms with Crippen LogP contribution in [0.4, 0.5) is 0 Å². The van der Waals surface area contributed by atoms with E-state index in [1.807, 2.05) is 6.07 Å². The molecule has 0 amide bonds. The van der Waals surface area contributed by atoms with Gasteiger partial charge in [-0.25, -0.2) is 13.1 Å². The van der Waals surface area contributed by atoms with Gasteiger partial charge in [0.05, 0.1) is 23.5 Å². The highest BCUT2D eigenvalue weighted by molar-refractivity contribution is 7.89. The molecule has 6 heteroatoms. The molecule has 0 bridgehead atoms. The van der Waals surface area contributed by atoms with Gasteiger partial charge >= 0.3 is 0 Å². The van der Waals surface area contributed by atoms with Crippen molar-refractivity contribution in [2.24, 2.45) is 5.92 Å². The minimum Gasteiger partial charge on any atom is -0.393 e. The predicted molar refractivity (Wildman–Crippen MR) is 69.7 cm³/mol. The van der Waals surface area contributed by atoms with Crippen LogP contribution in [0.3, 0.4) is 0 Å². The van der Waals surface area contributed by atoms with E-state index >= 15 is 0 Å². The van der Waals surface area contributed by atoms with Gasteiger partial charge in [0, 0.05) is 6.54 Å². The number of nitriles is 1. The van der Waals surface area contributed by atoms with Crippen LogP contribution in [0.1, 0.15) is 18.4 Å². The number of rotatable bonds is 5. The molecule has 1 aliphatic rings. The fourth-order valence-corrected chi connectivity index (χ4v) is 3.17. The molecule has 19 heavy (non-hydrogen) atoms. The Bertz CT molecular complexity index is 569. The Labute approximate surface area is 112 Å². The molecule has 0 spiro atoms. The largest absolute Gasteiger partial charge is 0.393 e. The molecular formula is C13H16N2O3S. The maximum Gasteiger partial charge on any atom is 0.240 e. The van der Waals surface area contributed by atoms with E-state index in [2.05, 4.69) is 4.72 Å². The summed E-state index contributed by atoms with van der Waals surface area (Å²) < 4.78 is 26.5. The molecule has 5 nitrogen and oxygen atoms in total. The van der Waals surface area contributed by atoms with Crippen LogP contribution >= 0.6 is 0 Å². The van der Waals surface area contributed by atoms with Crippen molar-refractivity contribution in [3.8, 4) is 6.07 Å². The third kappa shape index (κ3) is 3.53. The van der Waals surface area contributed by atoms with Crippen molar-refractivity contribution in [1.82, 2.24) is 4.72 Å². The topological polar surface area (TPSA) is 90.2 Å². The van der Waals surface area contributed by atoms with E-state index in [1.165, 1.54) is 12.1 Å². The van der Waals surface area contributed by atoms with Crippen molar-refractivity contribution < 1.29 is 13.5 Å². The Hall–Kier alpha value is -1.42. The smallest absolute Gasteiger partial charge is 0.240 e. The first-order valence-electron chi connectivity index (χ1n) is 6.15. The van der Waals surface area contributed by atoms with Gasteiger partial charge in [-0.15, -0.1) is 0 Å². The zero-order chi connectivity index (χ0) is 13.9. The highest BCUT2D eigenvalue weighted by Gasteiger charge is 2.28. The quantitative estimate of drug-likeness (QED) is 0.835. The van der Waals surface area contributed by atoms with Crippen molar-refractivity contribution >= 4 is 10.0 Å². The summed E-state index contributed by atoms with van der Waals surface area (Å²) in [6, 6.07) is 8.31. The molecular weight excluding hydrogens is 264 g/mol. The lowest BCUT2D eigenvalue weighted by molar-refractivity contribution is 0.0453. The Morgan fingerprint density at radius 1 is 1.32 bits per heavy atom. The first-order chi connectivity index (χ1) is 9.01. The van der Waals surface area contributed by atoms with E-state index in [1.54, 1.807) is 12.1 Å². The molecule has 2 N–H and O–H groups in total. The molecule has 1 aromatic rings. The molecule has 0 heterocycles.